The van der Waals surface area contributed by atoms with Gasteiger partial charge in [0, 0.05) is 31.4 Å². The minimum absolute atomic E-state index is 0.0606. The Labute approximate surface area is 147 Å². The molecule has 0 saturated heterocycles. The number of hydrogen-bond donors (Lipinski definition) is 1. The van der Waals surface area contributed by atoms with E-state index in [2.05, 4.69) is 5.32 Å². The Morgan fingerprint density at radius 2 is 2.00 bits per heavy atom. The molecule has 1 aromatic carbocycles. The summed E-state index contributed by atoms with van der Waals surface area (Å²) in [5.74, 6) is 0.710. The van der Waals surface area contributed by atoms with Crippen LogP contribution < -0.4 is 10.2 Å². The molecule has 6 heteroatoms. The molecule has 1 aliphatic rings. The molecular weight excluding hydrogens is 318 g/mol. The van der Waals surface area contributed by atoms with E-state index in [4.69, 9.17) is 4.42 Å². The molecule has 1 heterocycles. The number of carbonyl (C=O) groups is 2. The number of benzene rings is 1. The topological polar surface area (TPSA) is 65.8 Å². The molecular formula is C19H23N3O3. The Morgan fingerprint density at radius 3 is 2.60 bits per heavy atom. The molecule has 3 amide bonds. The molecule has 0 unspecified atom stereocenters. The van der Waals surface area contributed by atoms with E-state index in [0.29, 0.717) is 5.69 Å². The first-order chi connectivity index (χ1) is 12.0. The molecule has 0 radical (unpaired) electrons. The Morgan fingerprint density at radius 1 is 1.24 bits per heavy atom. The summed E-state index contributed by atoms with van der Waals surface area (Å²) < 4.78 is 5.47. The molecule has 1 fully saturated rings. The Kier molecular flexibility index (Phi) is 4.79. The van der Waals surface area contributed by atoms with Gasteiger partial charge in [-0.05, 0) is 50.1 Å². The van der Waals surface area contributed by atoms with Crippen molar-refractivity contribution in [3.63, 3.8) is 0 Å². The van der Waals surface area contributed by atoms with Crippen LogP contribution in [0, 0.1) is 0 Å². The van der Waals surface area contributed by atoms with E-state index in [-0.39, 0.29) is 24.0 Å². The summed E-state index contributed by atoms with van der Waals surface area (Å²) in [5, 5.41) is 2.95. The van der Waals surface area contributed by atoms with Gasteiger partial charge in [0.1, 0.15) is 5.76 Å². The van der Waals surface area contributed by atoms with E-state index in [1.54, 1.807) is 24.3 Å². The van der Waals surface area contributed by atoms with Crippen molar-refractivity contribution in [2.24, 2.45) is 0 Å². The standard InChI is InChI=1S/C19H23N3O3/c1-13(18-8-5-11-25-18)22(16-9-10-16)19(24)20-15-6-4-7-17(12-15)21(3)14(2)23/h4-8,11-13,16H,9-10H2,1-3H3,(H,20,24)/t13-/m1/s1. The number of carbonyl (C=O) groups excluding carboxylic acids is 2. The highest BCUT2D eigenvalue weighted by atomic mass is 16.3. The van der Waals surface area contributed by atoms with Crippen molar-refractivity contribution in [1.29, 1.82) is 0 Å². The van der Waals surface area contributed by atoms with Gasteiger partial charge in [-0.3, -0.25) is 4.79 Å². The number of hydrogen-bond acceptors (Lipinski definition) is 3. The van der Waals surface area contributed by atoms with Gasteiger partial charge in [0.05, 0.1) is 12.3 Å². The van der Waals surface area contributed by atoms with Crippen LogP contribution in [0.15, 0.2) is 47.1 Å². The monoisotopic (exact) mass is 341 g/mol. The highest BCUT2D eigenvalue weighted by Crippen LogP contribution is 2.35. The van der Waals surface area contributed by atoms with Crippen LogP contribution in [0.5, 0.6) is 0 Å². The quantitative estimate of drug-likeness (QED) is 0.893. The van der Waals surface area contributed by atoms with Crippen molar-refractivity contribution in [2.45, 2.75) is 38.8 Å². The van der Waals surface area contributed by atoms with Crippen molar-refractivity contribution in [1.82, 2.24) is 4.90 Å². The maximum atomic E-state index is 12.8. The Balaban J connectivity index is 1.76. The summed E-state index contributed by atoms with van der Waals surface area (Å²) in [6.45, 7) is 3.47. The van der Waals surface area contributed by atoms with Crippen LogP contribution in [0.1, 0.15) is 38.5 Å². The number of rotatable bonds is 5. The van der Waals surface area contributed by atoms with Gasteiger partial charge in [0.25, 0.3) is 0 Å². The zero-order chi connectivity index (χ0) is 18.0. The lowest BCUT2D eigenvalue weighted by Gasteiger charge is -2.28. The first-order valence-corrected chi connectivity index (χ1v) is 8.44. The molecule has 2 aromatic rings. The molecule has 6 nitrogen and oxygen atoms in total. The van der Waals surface area contributed by atoms with E-state index in [0.717, 1.165) is 24.3 Å². The maximum absolute atomic E-state index is 12.8. The third-order valence-corrected chi connectivity index (χ3v) is 4.50. The minimum Gasteiger partial charge on any atom is -0.467 e. The second kappa shape index (κ2) is 7.01. The highest BCUT2D eigenvalue weighted by Gasteiger charge is 2.37. The van der Waals surface area contributed by atoms with E-state index in [1.807, 2.05) is 42.2 Å². The number of amides is 3. The van der Waals surface area contributed by atoms with E-state index >= 15 is 0 Å². The lowest BCUT2D eigenvalue weighted by atomic mass is 10.2. The normalized spacial score (nSPS) is 14.7. The summed E-state index contributed by atoms with van der Waals surface area (Å²) in [4.78, 5) is 27.7. The number of furan rings is 1. The zero-order valence-electron chi connectivity index (χ0n) is 14.7. The fraction of sp³-hybridized carbons (Fsp3) is 0.368. The van der Waals surface area contributed by atoms with Gasteiger partial charge >= 0.3 is 6.03 Å². The predicted molar refractivity (Wildman–Crippen MR) is 96.5 cm³/mol. The van der Waals surface area contributed by atoms with Crippen LogP contribution in [0.4, 0.5) is 16.2 Å². The summed E-state index contributed by atoms with van der Waals surface area (Å²) >= 11 is 0. The molecule has 0 bridgehead atoms. The Hall–Kier alpha value is -2.76. The molecule has 25 heavy (non-hydrogen) atoms. The third-order valence-electron chi connectivity index (χ3n) is 4.50. The lowest BCUT2D eigenvalue weighted by molar-refractivity contribution is -0.116. The predicted octanol–water partition coefficient (Wildman–Crippen LogP) is 4.02. The van der Waals surface area contributed by atoms with E-state index < -0.39 is 0 Å². The molecule has 0 spiro atoms. The molecule has 0 aliphatic heterocycles. The van der Waals surface area contributed by atoms with Crippen molar-refractivity contribution in [3.05, 3.63) is 48.4 Å². The fourth-order valence-electron chi connectivity index (χ4n) is 2.84. The van der Waals surface area contributed by atoms with Gasteiger partial charge in [-0.2, -0.15) is 0 Å². The van der Waals surface area contributed by atoms with Gasteiger partial charge in [0.15, 0.2) is 0 Å². The Bertz CT molecular complexity index is 753. The summed E-state index contributed by atoms with van der Waals surface area (Å²) in [5.41, 5.74) is 1.40. The second-order valence-electron chi connectivity index (χ2n) is 6.39. The zero-order valence-corrected chi connectivity index (χ0v) is 14.7. The number of urea groups is 1. The largest absolute Gasteiger partial charge is 0.467 e. The molecule has 1 aliphatic carbocycles. The lowest BCUT2D eigenvalue weighted by Crippen LogP contribution is -2.38. The molecule has 3 rings (SSSR count). The van der Waals surface area contributed by atoms with Crippen molar-refractivity contribution in [2.75, 3.05) is 17.3 Å². The molecule has 132 valence electrons. The first kappa shape index (κ1) is 17.1. The van der Waals surface area contributed by atoms with Gasteiger partial charge in [0.2, 0.25) is 5.91 Å². The van der Waals surface area contributed by atoms with Crippen molar-refractivity contribution >= 4 is 23.3 Å². The van der Waals surface area contributed by atoms with Gasteiger partial charge in [-0.25, -0.2) is 4.79 Å². The van der Waals surface area contributed by atoms with Crippen molar-refractivity contribution < 1.29 is 14.0 Å². The first-order valence-electron chi connectivity index (χ1n) is 8.44. The van der Waals surface area contributed by atoms with Crippen LogP contribution in [-0.2, 0) is 4.79 Å². The SMILES string of the molecule is CC(=O)N(C)c1cccc(NC(=O)N(C2CC2)[C@H](C)c2ccco2)c1. The van der Waals surface area contributed by atoms with Gasteiger partial charge in [-0.1, -0.05) is 6.07 Å². The smallest absolute Gasteiger partial charge is 0.322 e. The summed E-state index contributed by atoms with van der Waals surface area (Å²) in [6.07, 6.45) is 3.63. The van der Waals surface area contributed by atoms with Crippen LogP contribution in [0.25, 0.3) is 0 Å². The van der Waals surface area contributed by atoms with Crippen LogP contribution in [0.3, 0.4) is 0 Å². The number of nitrogens with zero attached hydrogens (tertiary/aromatic N) is 2. The second-order valence-corrected chi connectivity index (χ2v) is 6.39. The average Bonchev–Trinajstić information content (AvgIpc) is 3.25. The van der Waals surface area contributed by atoms with Crippen LogP contribution in [-0.4, -0.2) is 29.9 Å². The number of anilines is 2. The fourth-order valence-corrected chi connectivity index (χ4v) is 2.84. The van der Waals surface area contributed by atoms with Crippen LogP contribution in [0.2, 0.25) is 0 Å². The summed E-state index contributed by atoms with van der Waals surface area (Å²) in [6, 6.07) is 10.9. The highest BCUT2D eigenvalue weighted by molar-refractivity contribution is 5.94. The third kappa shape index (κ3) is 3.84. The number of nitrogens with one attached hydrogen (secondary N) is 1. The average molecular weight is 341 g/mol. The van der Waals surface area contributed by atoms with Gasteiger partial charge < -0.3 is 19.5 Å². The van der Waals surface area contributed by atoms with E-state index in [1.165, 1.54) is 6.92 Å². The molecule has 1 atom stereocenters. The van der Waals surface area contributed by atoms with Crippen molar-refractivity contribution in [3.8, 4) is 0 Å². The van der Waals surface area contributed by atoms with E-state index in [9.17, 15) is 9.59 Å². The maximum Gasteiger partial charge on any atom is 0.322 e. The molecule has 1 saturated carbocycles. The van der Waals surface area contributed by atoms with Crippen LogP contribution >= 0.6 is 0 Å². The van der Waals surface area contributed by atoms with Gasteiger partial charge in [-0.15, -0.1) is 0 Å². The summed E-state index contributed by atoms with van der Waals surface area (Å²) in [7, 11) is 1.71. The minimum atomic E-state index is -0.158. The molecule has 1 aromatic heterocycles. The molecule has 1 N–H and O–H groups in total.